The Kier molecular flexibility index (Phi) is 9.28. The maximum Gasteiger partial charge on any atom is 0.338 e. The van der Waals surface area contributed by atoms with E-state index in [4.69, 9.17) is 26.2 Å². The second-order valence-electron chi connectivity index (χ2n) is 7.27. The number of esters is 1. The number of carbonyl (C=O) groups is 2. The van der Waals surface area contributed by atoms with E-state index in [0.29, 0.717) is 27.3 Å². The predicted octanol–water partition coefficient (Wildman–Crippen LogP) is 5.20. The number of alkyl halides is 1. The average Bonchev–Trinajstić information content (AvgIpc) is 3.33. The maximum absolute atomic E-state index is 13.3. The molecule has 1 N–H and O–H groups in total. The lowest BCUT2D eigenvalue weighted by Crippen LogP contribution is -2.27. The average molecular weight is 500 g/mol. The van der Waals surface area contributed by atoms with E-state index in [9.17, 15) is 14.0 Å². The Hall–Kier alpha value is -3.82. The highest BCUT2D eigenvalue weighted by atomic mass is 35.5. The molecule has 0 bridgehead atoms. The molecule has 0 aliphatic rings. The van der Waals surface area contributed by atoms with Crippen LogP contribution >= 0.6 is 11.6 Å². The molecule has 35 heavy (non-hydrogen) atoms. The van der Waals surface area contributed by atoms with Gasteiger partial charge < -0.3 is 19.1 Å². The van der Waals surface area contributed by atoms with Crippen molar-refractivity contribution in [3.05, 3.63) is 95.5 Å². The van der Waals surface area contributed by atoms with Gasteiger partial charge in [-0.3, -0.25) is 0 Å². The lowest BCUT2D eigenvalue weighted by molar-refractivity contribution is -0.0765. The summed E-state index contributed by atoms with van der Waals surface area (Å²) in [6, 6.07) is 18.6. The first-order valence-electron chi connectivity index (χ1n) is 10.6. The molecule has 10 heteroatoms. The Bertz CT molecular complexity index is 1250. The molecular weight excluding hydrogens is 477 g/mol. The summed E-state index contributed by atoms with van der Waals surface area (Å²) in [6.45, 7) is 0.766. The van der Waals surface area contributed by atoms with E-state index in [1.165, 1.54) is 6.33 Å². The van der Waals surface area contributed by atoms with E-state index in [2.05, 4.69) is 9.97 Å². The molecule has 4 aromatic rings. The van der Waals surface area contributed by atoms with E-state index >= 15 is 0 Å². The molecule has 0 fully saturated rings. The molecule has 182 valence electrons. The third-order valence-corrected chi connectivity index (χ3v) is 5.15. The number of fused-ring (bicyclic) bond motifs is 1. The van der Waals surface area contributed by atoms with E-state index in [0.717, 1.165) is 0 Å². The minimum atomic E-state index is -0.896. The van der Waals surface area contributed by atoms with Gasteiger partial charge in [0.25, 0.3) is 0 Å². The quantitative estimate of drug-likeness (QED) is 0.262. The number of carbonyl (C=O) groups excluding carboxylic acids is 1. The molecule has 0 saturated carbocycles. The molecule has 0 spiro atoms. The fourth-order valence-corrected chi connectivity index (χ4v) is 3.30. The number of halogens is 2. The Morgan fingerprint density at radius 1 is 1.03 bits per heavy atom. The van der Waals surface area contributed by atoms with Gasteiger partial charge in [-0.05, 0) is 37.3 Å². The molecule has 0 unspecified atom stereocenters. The van der Waals surface area contributed by atoms with Gasteiger partial charge in [0.15, 0.2) is 0 Å². The summed E-state index contributed by atoms with van der Waals surface area (Å²) in [5.74, 6) is -1.40. The van der Waals surface area contributed by atoms with Gasteiger partial charge >= 0.3 is 11.9 Å². The molecule has 0 aliphatic heterocycles. The van der Waals surface area contributed by atoms with Gasteiger partial charge in [0.05, 0.1) is 16.5 Å². The standard InChI is InChI=1S/C18H17ClFN3O3.C7H6O2/c1-12(23-8-7-15-16(19)21-11-22-17(15)23)26-14(9-20)10-25-18(24)13-5-3-2-4-6-13;8-7(9)6-4-2-1-3-5-6/h2-8,11-12,14H,9-10H2,1H3;1-5H,(H,8,9)/t12-,14+;/m1./s1. The number of aromatic carboxylic acids is 1. The van der Waals surface area contributed by atoms with Crippen molar-refractivity contribution < 1.29 is 28.6 Å². The van der Waals surface area contributed by atoms with Crippen molar-refractivity contribution in [1.29, 1.82) is 0 Å². The smallest absolute Gasteiger partial charge is 0.338 e. The Morgan fingerprint density at radius 2 is 1.66 bits per heavy atom. The van der Waals surface area contributed by atoms with Gasteiger partial charge in [-0.1, -0.05) is 48.0 Å². The van der Waals surface area contributed by atoms with Crippen LogP contribution in [-0.4, -0.2) is 51.0 Å². The van der Waals surface area contributed by atoms with Crippen molar-refractivity contribution in [2.24, 2.45) is 0 Å². The number of carboxylic acids is 1. The second kappa shape index (κ2) is 12.6. The zero-order chi connectivity index (χ0) is 25.2. The van der Waals surface area contributed by atoms with Gasteiger partial charge in [-0.2, -0.15) is 0 Å². The van der Waals surface area contributed by atoms with Crippen LogP contribution in [0.5, 0.6) is 0 Å². The van der Waals surface area contributed by atoms with E-state index < -0.39 is 30.9 Å². The first-order chi connectivity index (χ1) is 16.9. The van der Waals surface area contributed by atoms with Gasteiger partial charge in [-0.25, -0.2) is 23.9 Å². The van der Waals surface area contributed by atoms with Crippen molar-refractivity contribution >= 4 is 34.6 Å². The van der Waals surface area contributed by atoms with Crippen LogP contribution in [0.4, 0.5) is 4.39 Å². The molecule has 4 rings (SSSR count). The summed E-state index contributed by atoms with van der Waals surface area (Å²) in [6.07, 6.45) is 1.66. The molecule has 0 radical (unpaired) electrons. The highest BCUT2D eigenvalue weighted by Gasteiger charge is 2.19. The number of rotatable bonds is 8. The third kappa shape index (κ3) is 7.08. The molecule has 2 heterocycles. The normalized spacial score (nSPS) is 12.3. The van der Waals surface area contributed by atoms with Crippen molar-refractivity contribution in [3.8, 4) is 0 Å². The van der Waals surface area contributed by atoms with Gasteiger partial charge in [-0.15, -0.1) is 0 Å². The second-order valence-corrected chi connectivity index (χ2v) is 7.63. The van der Waals surface area contributed by atoms with Gasteiger partial charge in [0.1, 0.15) is 42.7 Å². The summed E-state index contributed by atoms with van der Waals surface area (Å²) >= 11 is 6.03. The summed E-state index contributed by atoms with van der Waals surface area (Å²) < 4.78 is 25.9. The lowest BCUT2D eigenvalue weighted by Gasteiger charge is -2.21. The zero-order valence-corrected chi connectivity index (χ0v) is 19.5. The molecule has 8 nitrogen and oxygen atoms in total. The van der Waals surface area contributed by atoms with Crippen LogP contribution in [0.15, 0.2) is 79.3 Å². The monoisotopic (exact) mass is 499 g/mol. The summed E-state index contributed by atoms with van der Waals surface area (Å²) in [4.78, 5) is 30.3. The van der Waals surface area contributed by atoms with Crippen molar-refractivity contribution in [1.82, 2.24) is 14.5 Å². The van der Waals surface area contributed by atoms with Crippen LogP contribution in [0.1, 0.15) is 33.9 Å². The minimum absolute atomic E-state index is 0.191. The first-order valence-corrected chi connectivity index (χ1v) is 11.0. The Morgan fingerprint density at radius 3 is 2.23 bits per heavy atom. The largest absolute Gasteiger partial charge is 0.478 e. The molecular formula is C25H23ClFN3O5. The van der Waals surface area contributed by atoms with Crippen LogP contribution in [-0.2, 0) is 9.47 Å². The minimum Gasteiger partial charge on any atom is -0.478 e. The molecule has 0 saturated heterocycles. The Balaban J connectivity index is 0.000000320. The van der Waals surface area contributed by atoms with Crippen molar-refractivity contribution in [2.75, 3.05) is 13.3 Å². The SMILES string of the molecule is C[C@@H](O[C@@H](CF)COC(=O)c1ccccc1)n1ccc2c(Cl)ncnc21.O=C(O)c1ccccc1. The van der Waals surface area contributed by atoms with Crippen LogP contribution in [0.3, 0.4) is 0 Å². The molecule has 0 amide bonds. The predicted molar refractivity (Wildman–Crippen MR) is 128 cm³/mol. The van der Waals surface area contributed by atoms with E-state index in [-0.39, 0.29) is 6.61 Å². The van der Waals surface area contributed by atoms with Crippen LogP contribution < -0.4 is 0 Å². The summed E-state index contributed by atoms with van der Waals surface area (Å²) in [5.41, 5.74) is 1.31. The number of benzene rings is 2. The topological polar surface area (TPSA) is 104 Å². The number of hydrogen-bond acceptors (Lipinski definition) is 6. The lowest BCUT2D eigenvalue weighted by atomic mass is 10.2. The number of nitrogens with zero attached hydrogens (tertiary/aromatic N) is 3. The number of hydrogen-bond donors (Lipinski definition) is 1. The van der Waals surface area contributed by atoms with Gasteiger partial charge in [0.2, 0.25) is 0 Å². The van der Waals surface area contributed by atoms with Crippen molar-refractivity contribution in [3.63, 3.8) is 0 Å². The fraction of sp³-hybridized carbons (Fsp3) is 0.200. The highest BCUT2D eigenvalue weighted by Crippen LogP contribution is 2.24. The van der Waals surface area contributed by atoms with Crippen molar-refractivity contribution in [2.45, 2.75) is 19.3 Å². The Labute approximate surface area is 205 Å². The van der Waals surface area contributed by atoms with Crippen LogP contribution in [0.25, 0.3) is 11.0 Å². The zero-order valence-electron chi connectivity index (χ0n) is 18.8. The first kappa shape index (κ1) is 25.8. The number of ether oxygens (including phenoxy) is 2. The summed E-state index contributed by atoms with van der Waals surface area (Å²) in [5, 5.41) is 9.40. The number of carboxylic acid groups (broad SMARTS) is 1. The van der Waals surface area contributed by atoms with E-state index in [1.807, 2.05) is 0 Å². The molecule has 0 aliphatic carbocycles. The summed E-state index contributed by atoms with van der Waals surface area (Å²) in [7, 11) is 0. The van der Waals surface area contributed by atoms with Crippen LogP contribution in [0, 0.1) is 0 Å². The van der Waals surface area contributed by atoms with Crippen LogP contribution in [0.2, 0.25) is 5.15 Å². The molecule has 2 atom stereocenters. The molecule has 2 aromatic carbocycles. The third-order valence-electron chi connectivity index (χ3n) is 4.84. The van der Waals surface area contributed by atoms with E-state index in [1.54, 1.807) is 84.4 Å². The molecule has 2 aromatic heterocycles. The maximum atomic E-state index is 13.3. The highest BCUT2D eigenvalue weighted by molar-refractivity contribution is 6.33. The fourth-order valence-electron chi connectivity index (χ4n) is 3.10. The number of aromatic nitrogens is 3. The van der Waals surface area contributed by atoms with Gasteiger partial charge in [0, 0.05) is 6.20 Å².